The van der Waals surface area contributed by atoms with E-state index < -0.39 is 5.97 Å². The lowest BCUT2D eigenvalue weighted by molar-refractivity contribution is -0.143. The molecule has 1 aliphatic rings. The molecule has 0 radical (unpaired) electrons. The highest BCUT2D eigenvalue weighted by Crippen LogP contribution is 2.31. The van der Waals surface area contributed by atoms with E-state index in [1.165, 1.54) is 7.11 Å². The van der Waals surface area contributed by atoms with Gasteiger partial charge in [-0.05, 0) is 61.6 Å². The predicted octanol–water partition coefficient (Wildman–Crippen LogP) is 4.87. The Morgan fingerprint density at radius 2 is 1.78 bits per heavy atom. The summed E-state index contributed by atoms with van der Waals surface area (Å²) in [7, 11) is 1.53. The van der Waals surface area contributed by atoms with E-state index in [2.05, 4.69) is 26.6 Å². The maximum atomic E-state index is 12.9. The third-order valence-corrected chi connectivity index (χ3v) is 6.39. The minimum absolute atomic E-state index is 0.202. The zero-order chi connectivity index (χ0) is 23.3. The second kappa shape index (κ2) is 10.8. The molecule has 2 aromatic carbocycles. The molecule has 0 atom stereocenters. The van der Waals surface area contributed by atoms with E-state index in [0.717, 1.165) is 5.56 Å². The summed E-state index contributed by atoms with van der Waals surface area (Å²) in [4.78, 5) is 36.7. The summed E-state index contributed by atoms with van der Waals surface area (Å²) >= 11 is 9.51. The number of halogens is 2. The Labute approximate surface area is 199 Å². The first kappa shape index (κ1) is 24.1. The number of ether oxygens (including phenoxy) is 1. The molecule has 1 fully saturated rings. The normalized spacial score (nSPS) is 18.0. The van der Waals surface area contributed by atoms with Gasteiger partial charge in [0.2, 0.25) is 5.91 Å². The van der Waals surface area contributed by atoms with Gasteiger partial charge in [0.05, 0.1) is 29.3 Å². The highest BCUT2D eigenvalue weighted by Gasteiger charge is 2.30. The standard InChI is InChI=1S/C23H24BrClN2O5/c1-32-20-9-2-13(10-18(20)25)12-26-22(29)17-11-16(24)7-8-19(17)27-21(28)14-3-5-15(6-4-14)23(30)31/h2,7-11,14-15H,3-6,12H2,1H3,(H,26,29)(H,27,28)(H,30,31)/t14-,15-. The van der Waals surface area contributed by atoms with Crippen LogP contribution in [0.25, 0.3) is 0 Å². The summed E-state index contributed by atoms with van der Waals surface area (Å²) in [6.07, 6.45) is 1.98. The number of amides is 2. The van der Waals surface area contributed by atoms with Crippen LogP contribution in [0, 0.1) is 11.8 Å². The van der Waals surface area contributed by atoms with E-state index in [4.69, 9.17) is 21.4 Å². The molecule has 2 amide bonds. The molecular formula is C23H24BrClN2O5. The monoisotopic (exact) mass is 522 g/mol. The van der Waals surface area contributed by atoms with Crippen LogP contribution in [0.4, 0.5) is 5.69 Å². The van der Waals surface area contributed by atoms with Crippen LogP contribution in [-0.2, 0) is 16.1 Å². The topological polar surface area (TPSA) is 105 Å². The number of carbonyl (C=O) groups excluding carboxylic acids is 2. The van der Waals surface area contributed by atoms with Crippen molar-refractivity contribution >= 4 is 51.0 Å². The zero-order valence-corrected chi connectivity index (χ0v) is 19.8. The summed E-state index contributed by atoms with van der Waals surface area (Å²) in [6.45, 7) is 0.252. The van der Waals surface area contributed by atoms with Gasteiger partial charge in [-0.15, -0.1) is 0 Å². The first-order valence-corrected chi connectivity index (χ1v) is 11.4. The van der Waals surface area contributed by atoms with Gasteiger partial charge in [-0.2, -0.15) is 0 Å². The van der Waals surface area contributed by atoms with Crippen molar-refractivity contribution in [1.29, 1.82) is 0 Å². The Morgan fingerprint density at radius 3 is 2.41 bits per heavy atom. The van der Waals surface area contributed by atoms with Crippen molar-refractivity contribution in [2.75, 3.05) is 12.4 Å². The lowest BCUT2D eigenvalue weighted by Gasteiger charge is -2.25. The quantitative estimate of drug-likeness (QED) is 0.480. The lowest BCUT2D eigenvalue weighted by atomic mass is 9.81. The highest BCUT2D eigenvalue weighted by atomic mass is 79.9. The van der Waals surface area contributed by atoms with Crippen LogP contribution in [0.2, 0.25) is 5.02 Å². The van der Waals surface area contributed by atoms with Gasteiger partial charge in [0, 0.05) is 16.9 Å². The molecule has 32 heavy (non-hydrogen) atoms. The van der Waals surface area contributed by atoms with Gasteiger partial charge < -0.3 is 20.5 Å². The molecule has 0 aromatic heterocycles. The number of nitrogens with one attached hydrogen (secondary N) is 2. The molecular weight excluding hydrogens is 500 g/mol. The Bertz CT molecular complexity index is 1020. The van der Waals surface area contributed by atoms with E-state index in [1.807, 2.05) is 6.07 Å². The Morgan fingerprint density at radius 1 is 1.09 bits per heavy atom. The van der Waals surface area contributed by atoms with E-state index in [1.54, 1.807) is 30.3 Å². The number of rotatable bonds is 7. The molecule has 1 saturated carbocycles. The molecule has 2 aromatic rings. The fourth-order valence-corrected chi connectivity index (χ4v) is 4.39. The molecule has 0 saturated heterocycles. The van der Waals surface area contributed by atoms with Gasteiger partial charge in [-0.1, -0.05) is 33.6 Å². The molecule has 1 aliphatic carbocycles. The Hall–Kier alpha value is -2.58. The Balaban J connectivity index is 1.66. The van der Waals surface area contributed by atoms with Crippen molar-refractivity contribution in [2.24, 2.45) is 11.8 Å². The number of carbonyl (C=O) groups is 3. The van der Waals surface area contributed by atoms with Gasteiger partial charge in [-0.25, -0.2) is 0 Å². The smallest absolute Gasteiger partial charge is 0.306 e. The number of carboxylic acids is 1. The Kier molecular flexibility index (Phi) is 8.15. The van der Waals surface area contributed by atoms with E-state index >= 15 is 0 Å². The average Bonchev–Trinajstić information content (AvgIpc) is 2.78. The number of carboxylic acid groups (broad SMARTS) is 1. The summed E-state index contributed by atoms with van der Waals surface area (Å²) in [5, 5.41) is 15.3. The van der Waals surface area contributed by atoms with Crippen LogP contribution in [0.3, 0.4) is 0 Å². The lowest BCUT2D eigenvalue weighted by Crippen LogP contribution is -2.30. The largest absolute Gasteiger partial charge is 0.495 e. The maximum absolute atomic E-state index is 12.9. The number of anilines is 1. The van der Waals surface area contributed by atoms with Crippen molar-refractivity contribution in [1.82, 2.24) is 5.32 Å². The van der Waals surface area contributed by atoms with Crippen molar-refractivity contribution in [2.45, 2.75) is 32.2 Å². The highest BCUT2D eigenvalue weighted by molar-refractivity contribution is 9.10. The van der Waals surface area contributed by atoms with E-state index in [-0.39, 0.29) is 30.2 Å². The molecule has 3 N–H and O–H groups in total. The number of hydrogen-bond donors (Lipinski definition) is 3. The van der Waals surface area contributed by atoms with Crippen LogP contribution >= 0.6 is 27.5 Å². The molecule has 9 heteroatoms. The number of methoxy groups -OCH3 is 1. The van der Waals surface area contributed by atoms with Gasteiger partial charge in [-0.3, -0.25) is 14.4 Å². The van der Waals surface area contributed by atoms with E-state index in [9.17, 15) is 14.4 Å². The van der Waals surface area contributed by atoms with E-state index in [0.29, 0.717) is 52.2 Å². The van der Waals surface area contributed by atoms with Gasteiger partial charge >= 0.3 is 5.97 Å². The molecule has 0 heterocycles. The maximum Gasteiger partial charge on any atom is 0.306 e. The van der Waals surface area contributed by atoms with Crippen LogP contribution in [-0.4, -0.2) is 30.0 Å². The van der Waals surface area contributed by atoms with Crippen molar-refractivity contribution in [3.8, 4) is 5.75 Å². The third kappa shape index (κ3) is 6.01. The number of benzene rings is 2. The molecule has 170 valence electrons. The van der Waals surface area contributed by atoms with Crippen LogP contribution in [0.1, 0.15) is 41.6 Å². The fourth-order valence-electron chi connectivity index (χ4n) is 3.75. The summed E-state index contributed by atoms with van der Waals surface area (Å²) in [5.41, 5.74) is 1.54. The first-order chi connectivity index (χ1) is 15.3. The van der Waals surface area contributed by atoms with Crippen molar-refractivity contribution < 1.29 is 24.2 Å². The van der Waals surface area contributed by atoms with Crippen LogP contribution < -0.4 is 15.4 Å². The average molecular weight is 524 g/mol. The van der Waals surface area contributed by atoms with Gasteiger partial charge in [0.25, 0.3) is 5.91 Å². The summed E-state index contributed by atoms with van der Waals surface area (Å²) < 4.78 is 5.84. The summed E-state index contributed by atoms with van der Waals surface area (Å²) in [5.74, 6) is -1.47. The SMILES string of the molecule is COc1ccc(CNC(=O)c2cc(Br)ccc2NC(=O)[C@H]2CC[C@H](C(=O)O)CC2)cc1Cl. The predicted molar refractivity (Wildman–Crippen MR) is 125 cm³/mol. The minimum Gasteiger partial charge on any atom is -0.495 e. The molecule has 7 nitrogen and oxygen atoms in total. The third-order valence-electron chi connectivity index (χ3n) is 5.60. The zero-order valence-electron chi connectivity index (χ0n) is 17.5. The van der Waals surface area contributed by atoms with Crippen LogP contribution in [0.15, 0.2) is 40.9 Å². The number of hydrogen-bond acceptors (Lipinski definition) is 4. The fraction of sp³-hybridized carbons (Fsp3) is 0.348. The molecule has 3 rings (SSSR count). The van der Waals surface area contributed by atoms with Crippen LogP contribution in [0.5, 0.6) is 5.75 Å². The second-order valence-electron chi connectivity index (χ2n) is 7.72. The molecule has 0 bridgehead atoms. The summed E-state index contributed by atoms with van der Waals surface area (Å²) in [6, 6.07) is 10.3. The molecule has 0 unspecified atom stereocenters. The van der Waals surface area contributed by atoms with Gasteiger partial charge in [0.15, 0.2) is 0 Å². The van der Waals surface area contributed by atoms with Crippen molar-refractivity contribution in [3.63, 3.8) is 0 Å². The molecule has 0 spiro atoms. The molecule has 0 aliphatic heterocycles. The first-order valence-electron chi connectivity index (χ1n) is 10.2. The second-order valence-corrected chi connectivity index (χ2v) is 9.04. The number of aliphatic carboxylic acids is 1. The minimum atomic E-state index is -0.811. The van der Waals surface area contributed by atoms with Crippen molar-refractivity contribution in [3.05, 3.63) is 57.0 Å². The van der Waals surface area contributed by atoms with Gasteiger partial charge in [0.1, 0.15) is 5.75 Å².